The van der Waals surface area contributed by atoms with Gasteiger partial charge >= 0.3 is 12.1 Å². The molecule has 19 heavy (non-hydrogen) atoms. The van der Waals surface area contributed by atoms with E-state index < -0.39 is 24.8 Å². The molecular weight excluding hydrogens is 263 g/mol. The predicted molar refractivity (Wildman–Crippen MR) is 62.9 cm³/mol. The molecule has 1 aliphatic heterocycles. The summed E-state index contributed by atoms with van der Waals surface area (Å²) in [5.41, 5.74) is -0.381. The third-order valence-corrected chi connectivity index (χ3v) is 3.39. The molecule has 112 valence electrons. The molecule has 0 saturated carbocycles. The summed E-state index contributed by atoms with van der Waals surface area (Å²) in [5.74, 6) is -0.930. The van der Waals surface area contributed by atoms with Crippen LogP contribution in [0.1, 0.15) is 26.7 Å². The molecule has 0 aromatic rings. The normalized spacial score (nSPS) is 24.4. The molecule has 7 heteroatoms. The molecule has 0 amide bonds. The van der Waals surface area contributed by atoms with Gasteiger partial charge in [0, 0.05) is 6.54 Å². The third-order valence-electron chi connectivity index (χ3n) is 3.39. The van der Waals surface area contributed by atoms with E-state index in [1.165, 1.54) is 0 Å². The lowest BCUT2D eigenvalue weighted by Crippen LogP contribution is -2.55. The summed E-state index contributed by atoms with van der Waals surface area (Å²) in [7, 11) is 0. The molecule has 1 heterocycles. The Balaban J connectivity index is 2.49. The smallest absolute Gasteiger partial charge is 0.411 e. The van der Waals surface area contributed by atoms with Crippen LogP contribution in [0.2, 0.25) is 0 Å². The molecule has 4 nitrogen and oxygen atoms in total. The van der Waals surface area contributed by atoms with Gasteiger partial charge in [-0.2, -0.15) is 13.2 Å². The van der Waals surface area contributed by atoms with E-state index in [0.717, 1.165) is 12.8 Å². The average Bonchev–Trinajstić information content (AvgIpc) is 2.21. The van der Waals surface area contributed by atoms with Gasteiger partial charge in [0.05, 0.1) is 6.61 Å². The van der Waals surface area contributed by atoms with Crippen LogP contribution in [0.25, 0.3) is 0 Å². The molecule has 1 atom stereocenters. The van der Waals surface area contributed by atoms with Gasteiger partial charge in [0.15, 0.2) is 0 Å². The Hall–Kier alpha value is -0.820. The highest BCUT2D eigenvalue weighted by molar-refractivity contribution is 5.74. The van der Waals surface area contributed by atoms with Crippen molar-refractivity contribution >= 4 is 5.97 Å². The fraction of sp³-hybridized carbons (Fsp3) is 0.917. The first-order chi connectivity index (χ1) is 8.63. The number of aliphatic carboxylic acids is 1. The lowest BCUT2D eigenvalue weighted by Gasteiger charge is -2.44. The Morgan fingerprint density at radius 3 is 2.63 bits per heavy atom. The molecule has 1 fully saturated rings. The zero-order chi connectivity index (χ0) is 14.7. The molecule has 1 N–H and O–H groups in total. The van der Waals surface area contributed by atoms with E-state index in [4.69, 9.17) is 0 Å². The molecule has 1 saturated heterocycles. The number of nitrogens with zero attached hydrogens (tertiary/aromatic N) is 1. The Morgan fingerprint density at radius 2 is 2.11 bits per heavy atom. The first-order valence-electron chi connectivity index (χ1n) is 6.25. The van der Waals surface area contributed by atoms with Gasteiger partial charge in [0.25, 0.3) is 0 Å². The largest absolute Gasteiger partial charge is 0.480 e. The Bertz CT molecular complexity index is 318. The first-order valence-corrected chi connectivity index (χ1v) is 6.25. The Kier molecular flexibility index (Phi) is 5.20. The topological polar surface area (TPSA) is 49.8 Å². The molecular formula is C12H20F3NO3. The predicted octanol–water partition coefficient (Wildman–Crippen LogP) is 2.14. The van der Waals surface area contributed by atoms with Crippen molar-refractivity contribution in [1.29, 1.82) is 0 Å². The van der Waals surface area contributed by atoms with Gasteiger partial charge in [-0.25, -0.2) is 0 Å². The van der Waals surface area contributed by atoms with Gasteiger partial charge in [-0.3, -0.25) is 9.69 Å². The number of ether oxygens (including phenoxy) is 1. The summed E-state index contributed by atoms with van der Waals surface area (Å²) in [5, 5.41) is 9.27. The van der Waals surface area contributed by atoms with E-state index in [1.54, 1.807) is 4.90 Å². The van der Waals surface area contributed by atoms with E-state index in [2.05, 4.69) is 4.74 Å². The lowest BCUT2D eigenvalue weighted by molar-refractivity contribution is -0.176. The third kappa shape index (κ3) is 4.99. The van der Waals surface area contributed by atoms with Gasteiger partial charge in [-0.1, -0.05) is 13.8 Å². The highest BCUT2D eigenvalue weighted by Gasteiger charge is 2.42. The Labute approximate surface area is 110 Å². The van der Waals surface area contributed by atoms with Crippen LogP contribution >= 0.6 is 0 Å². The molecule has 0 radical (unpaired) electrons. The van der Waals surface area contributed by atoms with Crippen LogP contribution < -0.4 is 0 Å². The number of hydrogen-bond acceptors (Lipinski definition) is 3. The van der Waals surface area contributed by atoms with Crippen LogP contribution in [0.3, 0.4) is 0 Å². The number of carboxylic acid groups (broad SMARTS) is 1. The number of likely N-dealkylation sites (tertiary alicyclic amines) is 1. The summed E-state index contributed by atoms with van der Waals surface area (Å²) in [6, 6.07) is -0.671. The second-order valence-corrected chi connectivity index (χ2v) is 5.54. The number of hydrogen-bond donors (Lipinski definition) is 1. The van der Waals surface area contributed by atoms with E-state index in [0.29, 0.717) is 6.54 Å². The number of halogens is 3. The second-order valence-electron chi connectivity index (χ2n) is 5.54. The minimum absolute atomic E-state index is 0.112. The maximum absolute atomic E-state index is 11.9. The second kappa shape index (κ2) is 6.09. The number of alkyl halides is 3. The highest BCUT2D eigenvalue weighted by atomic mass is 19.4. The van der Waals surface area contributed by atoms with Crippen molar-refractivity contribution < 1.29 is 27.8 Å². The van der Waals surface area contributed by atoms with Gasteiger partial charge in [-0.15, -0.1) is 0 Å². The average molecular weight is 283 g/mol. The van der Waals surface area contributed by atoms with Gasteiger partial charge in [0.1, 0.15) is 12.6 Å². The standard InChI is InChI=1S/C12H20F3NO3/c1-11(2)4-3-5-16(9(11)10(17)18)6-7-19-8-12(13,14)15/h9H,3-8H2,1-2H3,(H,17,18). The summed E-state index contributed by atoms with van der Waals surface area (Å²) in [4.78, 5) is 13.0. The zero-order valence-corrected chi connectivity index (χ0v) is 11.2. The van der Waals surface area contributed by atoms with Crippen LogP contribution in [-0.2, 0) is 9.53 Å². The fourth-order valence-corrected chi connectivity index (χ4v) is 2.60. The van der Waals surface area contributed by atoms with Crippen LogP contribution in [-0.4, -0.2) is 54.5 Å². The molecule has 0 spiro atoms. The van der Waals surface area contributed by atoms with Crippen molar-refractivity contribution in [2.24, 2.45) is 5.41 Å². The SMILES string of the molecule is CC1(C)CCCN(CCOCC(F)(F)F)C1C(=O)O. The van der Waals surface area contributed by atoms with Gasteiger partial charge < -0.3 is 9.84 Å². The lowest BCUT2D eigenvalue weighted by atomic mass is 9.76. The van der Waals surface area contributed by atoms with E-state index >= 15 is 0 Å². The summed E-state index contributed by atoms with van der Waals surface area (Å²) < 4.78 is 40.3. The molecule has 0 aliphatic carbocycles. The van der Waals surface area contributed by atoms with Crippen molar-refractivity contribution in [2.45, 2.75) is 38.9 Å². The first kappa shape index (κ1) is 16.2. The molecule has 1 aliphatic rings. The number of carboxylic acids is 1. The summed E-state index contributed by atoms with van der Waals surface area (Å²) >= 11 is 0. The molecule has 0 aromatic heterocycles. The van der Waals surface area contributed by atoms with E-state index in [-0.39, 0.29) is 18.6 Å². The van der Waals surface area contributed by atoms with Gasteiger partial charge in [-0.05, 0) is 24.8 Å². The minimum Gasteiger partial charge on any atom is -0.480 e. The van der Waals surface area contributed by atoms with Crippen molar-refractivity contribution in [3.8, 4) is 0 Å². The quantitative estimate of drug-likeness (QED) is 0.785. The van der Waals surface area contributed by atoms with Crippen LogP contribution in [0.4, 0.5) is 13.2 Å². The molecule has 1 unspecified atom stereocenters. The van der Waals surface area contributed by atoms with Crippen LogP contribution in [0, 0.1) is 5.41 Å². The van der Waals surface area contributed by atoms with Crippen molar-refractivity contribution in [3.63, 3.8) is 0 Å². The molecule has 1 rings (SSSR count). The molecule has 0 aromatic carbocycles. The zero-order valence-electron chi connectivity index (χ0n) is 11.2. The minimum atomic E-state index is -4.34. The number of carbonyl (C=O) groups is 1. The van der Waals surface area contributed by atoms with Crippen molar-refractivity contribution in [1.82, 2.24) is 4.90 Å². The van der Waals surface area contributed by atoms with Crippen molar-refractivity contribution in [2.75, 3.05) is 26.3 Å². The Morgan fingerprint density at radius 1 is 1.47 bits per heavy atom. The maximum atomic E-state index is 11.9. The van der Waals surface area contributed by atoms with E-state index in [9.17, 15) is 23.1 Å². The highest BCUT2D eigenvalue weighted by Crippen LogP contribution is 2.35. The summed E-state index contributed by atoms with van der Waals surface area (Å²) in [6.07, 6.45) is -2.70. The van der Waals surface area contributed by atoms with Crippen molar-refractivity contribution in [3.05, 3.63) is 0 Å². The fourth-order valence-electron chi connectivity index (χ4n) is 2.60. The summed E-state index contributed by atoms with van der Waals surface area (Å²) in [6.45, 7) is 3.12. The number of rotatable bonds is 5. The molecule has 0 bridgehead atoms. The monoisotopic (exact) mass is 283 g/mol. The van der Waals surface area contributed by atoms with Crippen LogP contribution in [0.5, 0.6) is 0 Å². The maximum Gasteiger partial charge on any atom is 0.411 e. The van der Waals surface area contributed by atoms with Gasteiger partial charge in [0.2, 0.25) is 0 Å². The number of piperidine rings is 1. The van der Waals surface area contributed by atoms with E-state index in [1.807, 2.05) is 13.8 Å². The van der Waals surface area contributed by atoms with Crippen LogP contribution in [0.15, 0.2) is 0 Å².